The normalized spacial score (nSPS) is 12.1. The Morgan fingerprint density at radius 1 is 0.122 bits per heavy atom. The molecule has 32 aromatic rings. The van der Waals surface area contributed by atoms with Crippen molar-refractivity contribution in [2.45, 2.75) is 0 Å². The minimum Gasteiger partial charge on any atom is -0.309 e. The topological polar surface area (TPSA) is 71.3 Å². The Morgan fingerprint density at radius 3 is 0.682 bits per heavy atom. The van der Waals surface area contributed by atoms with E-state index in [9.17, 15) is 0 Å². The third-order valence-electron chi connectivity index (χ3n) is 31.3. The van der Waals surface area contributed by atoms with Gasteiger partial charge in [0.1, 0.15) is 0 Å². The molecule has 0 aliphatic carbocycles. The molecule has 0 amide bonds. The number of benzene rings is 26. The molecule has 0 N–H and O–H groups in total. The van der Waals surface area contributed by atoms with Crippen LogP contribution in [-0.4, -0.2) is 38.2 Å². The van der Waals surface area contributed by atoms with Crippen LogP contribution in [0.4, 0.5) is 0 Å². The number of rotatable bonds is 10. The number of hydrogen-bond donors (Lipinski definition) is 0. The molecule has 0 saturated carbocycles. The summed E-state index contributed by atoms with van der Waals surface area (Å²) in [5, 5.41) is 38.5. The van der Waals surface area contributed by atoms with Crippen molar-refractivity contribution in [3.05, 3.63) is 510 Å². The van der Waals surface area contributed by atoms with Gasteiger partial charge in [0.25, 0.3) is 0 Å². The van der Waals surface area contributed by atoms with Crippen LogP contribution in [0.5, 0.6) is 0 Å². The maximum atomic E-state index is 5.63. The maximum Gasteiger partial charge on any atom is 0.235 e. The molecule has 0 bridgehead atoms. The predicted octanol–water partition coefficient (Wildman–Crippen LogP) is 37.2. The molecule has 6 heterocycles. The lowest BCUT2D eigenvalue weighted by atomic mass is 9.93. The Labute approximate surface area is 848 Å². The fourth-order valence-corrected chi connectivity index (χ4v) is 24.6. The van der Waals surface area contributed by atoms with Crippen molar-refractivity contribution in [2.75, 3.05) is 0 Å². The minimum atomic E-state index is 0.626. The number of fused-ring (bicyclic) bond motifs is 30. The summed E-state index contributed by atoms with van der Waals surface area (Å²) in [6.45, 7) is 0. The van der Waals surface area contributed by atoms with Gasteiger partial charge < -0.3 is 9.13 Å². The van der Waals surface area contributed by atoms with Gasteiger partial charge in [0.2, 0.25) is 11.9 Å². The van der Waals surface area contributed by atoms with Gasteiger partial charge in [-0.2, -0.15) is 0 Å². The highest BCUT2D eigenvalue weighted by atomic mass is 15.2. The van der Waals surface area contributed by atoms with Crippen LogP contribution in [0.1, 0.15) is 0 Å². The van der Waals surface area contributed by atoms with Crippen LogP contribution < -0.4 is 0 Å². The van der Waals surface area contributed by atoms with E-state index in [-0.39, 0.29) is 0 Å². The number of hydrogen-bond acceptors (Lipinski definition) is 4. The summed E-state index contributed by atoms with van der Waals surface area (Å²) in [6.07, 6.45) is 0. The van der Waals surface area contributed by atoms with E-state index in [0.717, 1.165) is 138 Å². The molecule has 0 radical (unpaired) electrons. The summed E-state index contributed by atoms with van der Waals surface area (Å²) in [5.41, 5.74) is 23.7. The van der Waals surface area contributed by atoms with Crippen LogP contribution in [0.25, 0.3) is 307 Å². The van der Waals surface area contributed by atoms with E-state index in [1.165, 1.54) is 157 Å². The lowest BCUT2D eigenvalue weighted by Crippen LogP contribution is -2.04. The molecule has 6 aromatic heterocycles. The SMILES string of the molecule is c1ccc2c(c1)cc(-c1cc(-c3cc4ccccc4c4ccccc34)nc(-n3c4ccccc4c4cc(-c5ccc6c(c5)c5ccccc5n6-c5cc6ccccc6c6ccccc56)ccc43)n1)c1ccccc12.c1ccc2c(c1)ccc1ccc(-n3c4ccccc4c4cc(-c5ccc6c(c5)c5ccccc5n6-c5nc(-c6cc7ccccc7c7ccccc67)cc(-c6cc7ccccc7c7ccccc67)n5)ccc43)cc12. The smallest absolute Gasteiger partial charge is 0.235 e. The van der Waals surface area contributed by atoms with Gasteiger partial charge >= 0.3 is 0 Å². The maximum absolute atomic E-state index is 5.63. The molecule has 0 saturated heterocycles. The highest BCUT2D eigenvalue weighted by molar-refractivity contribution is 6.23. The average molecular weight is 1880 g/mol. The quantitative estimate of drug-likeness (QED) is 0.128. The second-order valence-corrected chi connectivity index (χ2v) is 39.3. The van der Waals surface area contributed by atoms with Gasteiger partial charge in [-0.3, -0.25) is 9.13 Å². The molecule has 32 rings (SSSR count). The highest BCUT2D eigenvalue weighted by Gasteiger charge is 2.27. The van der Waals surface area contributed by atoms with E-state index in [2.05, 4.69) is 528 Å². The van der Waals surface area contributed by atoms with Crippen LogP contribution in [0, 0.1) is 0 Å². The molecule has 0 aliphatic rings. The molecule has 0 atom stereocenters. The predicted molar refractivity (Wildman–Crippen MR) is 624 cm³/mol. The summed E-state index contributed by atoms with van der Waals surface area (Å²) >= 11 is 0. The van der Waals surface area contributed by atoms with E-state index >= 15 is 0 Å². The number of para-hydroxylation sites is 4. The van der Waals surface area contributed by atoms with Crippen molar-refractivity contribution in [1.29, 1.82) is 0 Å². The van der Waals surface area contributed by atoms with Gasteiger partial charge in [-0.05, 0) is 274 Å². The summed E-state index contributed by atoms with van der Waals surface area (Å²) in [7, 11) is 0. The Balaban J connectivity index is 0.000000134. The first kappa shape index (κ1) is 82.9. The third-order valence-corrected chi connectivity index (χ3v) is 31.3. The minimum absolute atomic E-state index is 0.626. The molecule has 0 aliphatic heterocycles. The van der Waals surface area contributed by atoms with Crippen LogP contribution in [0.2, 0.25) is 0 Å². The largest absolute Gasteiger partial charge is 0.309 e. The van der Waals surface area contributed by atoms with Gasteiger partial charge in [0, 0.05) is 76.4 Å². The van der Waals surface area contributed by atoms with E-state index < -0.39 is 0 Å². The van der Waals surface area contributed by atoms with Crippen molar-refractivity contribution in [1.82, 2.24) is 38.2 Å². The second kappa shape index (κ2) is 32.9. The number of aromatic nitrogens is 8. The van der Waals surface area contributed by atoms with Crippen molar-refractivity contribution in [3.63, 3.8) is 0 Å². The second-order valence-electron chi connectivity index (χ2n) is 39.3. The monoisotopic (exact) mass is 1880 g/mol. The standard InChI is InChI=1S/2C70H42N4/c1-4-18-50-43(15-1)29-30-44-31-34-49(41-59(44)50)73-66-27-13-11-25-57(66)62-37-45(32-35-68(62)73)46-33-36-69-63(38-46)58-26-12-14-28-67(58)74(69)70-71-64(60-39-47-16-2-5-19-51(47)53-21-7-9-23-55(53)60)42-65(72-70)61-40-48-17-3-6-20-52(48)54-22-8-10-24-56(54)61;1-4-20-48-45(17-1)39-59(54-26-9-7-23-51(48)54)63-42-64(60-40-46-18-2-5-21-49(46)52-24-8-10-27-55(52)60)72-70(71-63)74-66-32-16-14-30-58(66)62-38-44(34-36-68(62)74)43-33-35-67-61(37-43)57-29-13-15-31-65(57)73(67)69-41-47-19-3-6-22-50(47)53-25-11-12-28-56(53)69/h2*1-42H. The van der Waals surface area contributed by atoms with Gasteiger partial charge in [-0.15, -0.1) is 0 Å². The van der Waals surface area contributed by atoms with E-state index in [0.29, 0.717) is 11.9 Å². The van der Waals surface area contributed by atoms with Gasteiger partial charge in [-0.1, -0.05) is 382 Å². The van der Waals surface area contributed by atoms with E-state index in [4.69, 9.17) is 19.9 Å². The summed E-state index contributed by atoms with van der Waals surface area (Å²) in [4.78, 5) is 22.5. The van der Waals surface area contributed by atoms with Crippen LogP contribution in [0.3, 0.4) is 0 Å². The Hall–Kier alpha value is -19.8. The molecule has 8 heteroatoms. The van der Waals surface area contributed by atoms with E-state index in [1.807, 2.05) is 0 Å². The average Bonchev–Trinajstić information content (AvgIpc) is 1.55. The van der Waals surface area contributed by atoms with Crippen LogP contribution in [-0.2, 0) is 0 Å². The molecule has 0 unspecified atom stereocenters. The van der Waals surface area contributed by atoms with Crippen LogP contribution >= 0.6 is 0 Å². The van der Waals surface area contributed by atoms with E-state index in [1.54, 1.807) is 0 Å². The Bertz CT molecular complexity index is 11100. The first-order chi connectivity index (χ1) is 73.4. The molecule has 684 valence electrons. The van der Waals surface area contributed by atoms with Gasteiger partial charge in [-0.25, -0.2) is 19.9 Å². The summed E-state index contributed by atoms with van der Waals surface area (Å²) in [6, 6.07) is 186. The molecular formula is C140H84N8. The van der Waals surface area contributed by atoms with Crippen molar-refractivity contribution >= 4 is 216 Å². The van der Waals surface area contributed by atoms with Crippen molar-refractivity contribution in [3.8, 4) is 90.6 Å². The first-order valence-corrected chi connectivity index (χ1v) is 50.8. The summed E-state index contributed by atoms with van der Waals surface area (Å²) in [5.74, 6) is 1.25. The molecule has 0 fully saturated rings. The lowest BCUT2D eigenvalue weighted by Gasteiger charge is -2.16. The van der Waals surface area contributed by atoms with Gasteiger partial charge in [0.05, 0.1) is 72.6 Å². The van der Waals surface area contributed by atoms with Crippen LogP contribution in [0.15, 0.2) is 510 Å². The zero-order chi connectivity index (χ0) is 96.9. The Morgan fingerprint density at radius 2 is 0.345 bits per heavy atom. The molecular weight excluding hydrogens is 1790 g/mol. The molecule has 26 aromatic carbocycles. The molecule has 148 heavy (non-hydrogen) atoms. The van der Waals surface area contributed by atoms with Crippen molar-refractivity contribution in [2.24, 2.45) is 0 Å². The zero-order valence-electron chi connectivity index (χ0n) is 80.1. The van der Waals surface area contributed by atoms with Gasteiger partial charge in [0.15, 0.2) is 0 Å². The number of nitrogens with zero attached hydrogens (tertiary/aromatic N) is 8. The molecule has 8 nitrogen and oxygen atoms in total. The molecule has 0 spiro atoms. The third kappa shape index (κ3) is 12.9. The Kier molecular flexibility index (Phi) is 18.4. The lowest BCUT2D eigenvalue weighted by molar-refractivity contribution is 0.996. The fraction of sp³-hybridized carbons (Fsp3) is 0. The van der Waals surface area contributed by atoms with Crippen molar-refractivity contribution < 1.29 is 0 Å². The first-order valence-electron chi connectivity index (χ1n) is 50.8. The fourth-order valence-electron chi connectivity index (χ4n) is 24.6. The summed E-state index contributed by atoms with van der Waals surface area (Å²) < 4.78 is 9.44. The zero-order valence-corrected chi connectivity index (χ0v) is 80.1. The highest BCUT2D eigenvalue weighted by Crippen LogP contribution is 2.49.